The van der Waals surface area contributed by atoms with Crippen LogP contribution in [0.3, 0.4) is 0 Å². The number of hydrogen-bond acceptors (Lipinski definition) is 2. The molecule has 0 unspecified atom stereocenters. The minimum Gasteiger partial charge on any atom is -1.00 e. The number of rotatable bonds is 4. The van der Waals surface area contributed by atoms with E-state index in [4.69, 9.17) is 10.5 Å². The molecule has 22 heavy (non-hydrogen) atoms. The highest BCUT2D eigenvalue weighted by Gasteiger charge is 2.16. The van der Waals surface area contributed by atoms with Gasteiger partial charge in [-0.05, 0) is 24.3 Å². The molecule has 0 radical (unpaired) electrons. The molecule has 0 aliphatic heterocycles. The second kappa shape index (κ2) is 7.75. The van der Waals surface area contributed by atoms with Gasteiger partial charge in [-0.1, -0.05) is 24.3 Å². The fourth-order valence-electron chi connectivity index (χ4n) is 2.41. The molecule has 2 aromatic carbocycles. The molecule has 2 rings (SSSR count). The number of halogens is 1. The Hall–Kier alpha value is -2.14. The van der Waals surface area contributed by atoms with Crippen LogP contribution in [0.4, 0.5) is 0 Å². The highest BCUT2D eigenvalue weighted by Crippen LogP contribution is 2.15. The van der Waals surface area contributed by atoms with Gasteiger partial charge in [0.1, 0.15) is 13.1 Å². The summed E-state index contributed by atoms with van der Waals surface area (Å²) < 4.78 is 0.817. The van der Waals surface area contributed by atoms with Gasteiger partial charge in [0.05, 0.1) is 37.4 Å². The summed E-state index contributed by atoms with van der Waals surface area (Å²) in [6.07, 6.45) is 0. The van der Waals surface area contributed by atoms with Crippen LogP contribution in [0.2, 0.25) is 0 Å². The summed E-state index contributed by atoms with van der Waals surface area (Å²) in [5.41, 5.74) is 3.81. The molecule has 0 spiro atoms. The fraction of sp³-hybridized carbons (Fsp3) is 0.222. The zero-order valence-corrected chi connectivity index (χ0v) is 14.3. The normalized spacial score (nSPS) is 10.2. The van der Waals surface area contributed by atoms with Crippen molar-refractivity contribution >= 4 is 0 Å². The summed E-state index contributed by atoms with van der Waals surface area (Å²) in [6.45, 7) is 1.79. The molecule has 0 aromatic heterocycles. The van der Waals surface area contributed by atoms with Gasteiger partial charge in [0.2, 0.25) is 0 Å². The lowest BCUT2D eigenvalue weighted by Gasteiger charge is -2.30. The van der Waals surface area contributed by atoms with E-state index < -0.39 is 0 Å². The van der Waals surface area contributed by atoms with Crippen molar-refractivity contribution in [1.29, 1.82) is 10.5 Å². The molecule has 0 amide bonds. The van der Waals surface area contributed by atoms with Crippen LogP contribution in [0.25, 0.3) is 0 Å². The van der Waals surface area contributed by atoms with Crippen molar-refractivity contribution in [2.75, 3.05) is 14.1 Å². The smallest absolute Gasteiger partial charge is 0.104 e. The first kappa shape index (κ1) is 17.9. The third-order valence-electron chi connectivity index (χ3n) is 3.39. The Kier molecular flexibility index (Phi) is 6.31. The number of hydrogen-bond donors (Lipinski definition) is 0. The third kappa shape index (κ3) is 5.00. The van der Waals surface area contributed by atoms with Crippen LogP contribution in [0.1, 0.15) is 22.3 Å². The Morgan fingerprint density at radius 1 is 0.727 bits per heavy atom. The van der Waals surface area contributed by atoms with Crippen LogP contribution in [0, 0.1) is 22.7 Å². The van der Waals surface area contributed by atoms with Crippen LogP contribution in [-0.4, -0.2) is 18.6 Å². The van der Waals surface area contributed by atoms with E-state index in [2.05, 4.69) is 26.2 Å². The molecule has 4 heteroatoms. The molecule has 0 fully saturated rings. The summed E-state index contributed by atoms with van der Waals surface area (Å²) in [6, 6.07) is 19.8. The van der Waals surface area contributed by atoms with Gasteiger partial charge in [0.25, 0.3) is 0 Å². The Morgan fingerprint density at radius 3 is 1.32 bits per heavy atom. The SMILES string of the molecule is C[N+](C)(Cc1ccc(C#N)cc1)Cc1ccc(C#N)cc1.[Br-]. The zero-order chi connectivity index (χ0) is 15.3. The van der Waals surface area contributed by atoms with Crippen molar-refractivity contribution in [1.82, 2.24) is 0 Å². The summed E-state index contributed by atoms with van der Waals surface area (Å²) in [4.78, 5) is 0. The van der Waals surface area contributed by atoms with E-state index in [0.717, 1.165) is 17.6 Å². The van der Waals surface area contributed by atoms with Crippen LogP contribution >= 0.6 is 0 Å². The molecule has 0 saturated carbocycles. The number of benzene rings is 2. The van der Waals surface area contributed by atoms with E-state index in [-0.39, 0.29) is 17.0 Å². The third-order valence-corrected chi connectivity index (χ3v) is 3.39. The van der Waals surface area contributed by atoms with Crippen molar-refractivity contribution in [3.8, 4) is 12.1 Å². The van der Waals surface area contributed by atoms with Crippen LogP contribution in [-0.2, 0) is 13.1 Å². The van der Waals surface area contributed by atoms with Crippen LogP contribution in [0.15, 0.2) is 48.5 Å². The van der Waals surface area contributed by atoms with Gasteiger partial charge in [-0.15, -0.1) is 0 Å². The van der Waals surface area contributed by atoms with Crippen molar-refractivity contribution in [3.05, 3.63) is 70.8 Å². The second-order valence-electron chi connectivity index (χ2n) is 5.87. The maximum Gasteiger partial charge on any atom is 0.104 e. The molecule has 0 aliphatic rings. The Morgan fingerprint density at radius 2 is 1.05 bits per heavy atom. The first-order valence-electron chi connectivity index (χ1n) is 6.82. The van der Waals surface area contributed by atoms with E-state index >= 15 is 0 Å². The molecule has 0 saturated heterocycles. The lowest BCUT2D eigenvalue weighted by molar-refractivity contribution is -0.916. The lowest BCUT2D eigenvalue weighted by Crippen LogP contribution is -3.00. The van der Waals surface area contributed by atoms with E-state index in [1.807, 2.05) is 48.5 Å². The molecule has 2 aromatic rings. The summed E-state index contributed by atoms with van der Waals surface area (Å²) >= 11 is 0. The van der Waals surface area contributed by atoms with Crippen molar-refractivity contribution in [2.45, 2.75) is 13.1 Å². The maximum atomic E-state index is 8.82. The highest BCUT2D eigenvalue weighted by atomic mass is 79.9. The van der Waals surface area contributed by atoms with Crippen LogP contribution < -0.4 is 17.0 Å². The van der Waals surface area contributed by atoms with Gasteiger partial charge in [-0.2, -0.15) is 10.5 Å². The van der Waals surface area contributed by atoms with Crippen molar-refractivity contribution in [3.63, 3.8) is 0 Å². The molecule has 112 valence electrons. The number of quaternary nitrogens is 1. The quantitative estimate of drug-likeness (QED) is 0.736. The van der Waals surface area contributed by atoms with Gasteiger partial charge < -0.3 is 21.5 Å². The predicted octanol–water partition coefficient (Wildman–Crippen LogP) is 0.211. The van der Waals surface area contributed by atoms with Gasteiger partial charge in [-0.3, -0.25) is 0 Å². The maximum absolute atomic E-state index is 8.82. The average molecular weight is 356 g/mol. The monoisotopic (exact) mass is 355 g/mol. The van der Waals surface area contributed by atoms with E-state index in [1.165, 1.54) is 11.1 Å². The topological polar surface area (TPSA) is 47.6 Å². The van der Waals surface area contributed by atoms with Crippen LogP contribution in [0.5, 0.6) is 0 Å². The van der Waals surface area contributed by atoms with Crippen molar-refractivity contribution in [2.24, 2.45) is 0 Å². The number of nitrogens with zero attached hydrogens (tertiary/aromatic N) is 3. The number of nitriles is 2. The molecule has 0 heterocycles. The van der Waals surface area contributed by atoms with Gasteiger partial charge >= 0.3 is 0 Å². The minimum absolute atomic E-state index is 0. The molecule has 0 bridgehead atoms. The largest absolute Gasteiger partial charge is 1.00 e. The summed E-state index contributed by atoms with van der Waals surface area (Å²) in [7, 11) is 4.35. The molecule has 0 N–H and O–H groups in total. The standard InChI is InChI=1S/C18H18N3.BrH/c1-21(2,13-17-7-3-15(11-19)4-8-17)14-18-9-5-16(12-20)6-10-18;/h3-10H,13-14H2,1-2H3;1H/q+1;/p-1. The zero-order valence-electron chi connectivity index (χ0n) is 12.8. The first-order valence-corrected chi connectivity index (χ1v) is 6.82. The average Bonchev–Trinajstić information content (AvgIpc) is 2.48. The lowest BCUT2D eigenvalue weighted by atomic mass is 10.1. The Labute approximate surface area is 142 Å². The van der Waals surface area contributed by atoms with Gasteiger partial charge in [0, 0.05) is 11.1 Å². The summed E-state index contributed by atoms with van der Waals surface area (Å²) in [5.74, 6) is 0. The molecule has 3 nitrogen and oxygen atoms in total. The van der Waals surface area contributed by atoms with E-state index in [9.17, 15) is 0 Å². The Bertz CT molecular complexity index is 628. The first-order chi connectivity index (χ1) is 10.0. The van der Waals surface area contributed by atoms with Gasteiger partial charge in [-0.25, -0.2) is 0 Å². The summed E-state index contributed by atoms with van der Waals surface area (Å²) in [5, 5.41) is 17.6. The molecular weight excluding hydrogens is 338 g/mol. The minimum atomic E-state index is 0. The molecular formula is C18H18BrN3. The van der Waals surface area contributed by atoms with Gasteiger partial charge in [0.15, 0.2) is 0 Å². The Balaban J connectivity index is 0.00000242. The molecule has 0 atom stereocenters. The van der Waals surface area contributed by atoms with E-state index in [0.29, 0.717) is 11.1 Å². The second-order valence-corrected chi connectivity index (χ2v) is 5.87. The fourth-order valence-corrected chi connectivity index (χ4v) is 2.41. The van der Waals surface area contributed by atoms with Crippen molar-refractivity contribution < 1.29 is 21.5 Å². The molecule has 0 aliphatic carbocycles. The highest BCUT2D eigenvalue weighted by molar-refractivity contribution is 5.32. The van der Waals surface area contributed by atoms with E-state index in [1.54, 1.807) is 0 Å². The predicted molar refractivity (Wildman–Crippen MR) is 81.8 cm³/mol.